The number of sulfonamides is 1. The Kier molecular flexibility index (Phi) is 9.46. The first-order valence-corrected chi connectivity index (χ1v) is 13.1. The highest BCUT2D eigenvalue weighted by atomic mass is 32.2. The van der Waals surface area contributed by atoms with E-state index in [-0.39, 0.29) is 25.0 Å². The van der Waals surface area contributed by atoms with Gasteiger partial charge < -0.3 is 10.2 Å². The quantitative estimate of drug-likeness (QED) is 0.541. The van der Waals surface area contributed by atoms with Crippen LogP contribution in [-0.2, 0) is 26.2 Å². The second-order valence-electron chi connectivity index (χ2n) is 8.35. The lowest BCUT2D eigenvalue weighted by Gasteiger charge is -2.33. The molecule has 2 aromatic carbocycles. The Hall–Kier alpha value is -2.87. The van der Waals surface area contributed by atoms with Gasteiger partial charge >= 0.3 is 0 Å². The van der Waals surface area contributed by atoms with Gasteiger partial charge in [0.15, 0.2) is 0 Å². The molecule has 0 aromatic heterocycles. The molecule has 0 saturated carbocycles. The van der Waals surface area contributed by atoms with Crippen molar-refractivity contribution in [2.75, 3.05) is 17.1 Å². The number of carbonyl (C=O) groups is 2. The first kappa shape index (κ1) is 26.4. The number of hydrogen-bond donors (Lipinski definition) is 1. The van der Waals surface area contributed by atoms with Crippen LogP contribution in [0.15, 0.2) is 54.6 Å². The summed E-state index contributed by atoms with van der Waals surface area (Å²) in [6.07, 6.45) is 2.25. The van der Waals surface area contributed by atoms with Gasteiger partial charge in [-0.1, -0.05) is 61.9 Å². The Morgan fingerprint density at radius 3 is 2.09 bits per heavy atom. The summed E-state index contributed by atoms with van der Waals surface area (Å²) in [7, 11) is -3.72. The minimum atomic E-state index is -3.72. The second kappa shape index (κ2) is 11.8. The third kappa shape index (κ3) is 7.60. The van der Waals surface area contributed by atoms with Gasteiger partial charge in [0.05, 0.1) is 11.9 Å². The normalized spacial score (nSPS) is 13.1. The molecule has 0 aliphatic carbocycles. The SMILES string of the molecule is CC[C@@H](C)NC(=O)[C@H](CC)N(Cc1ccccc1)C(=O)CN(c1ccc(C)cc1)S(C)(=O)=O. The van der Waals surface area contributed by atoms with E-state index in [0.717, 1.165) is 28.1 Å². The summed E-state index contributed by atoms with van der Waals surface area (Å²) in [6, 6.07) is 15.6. The van der Waals surface area contributed by atoms with Crippen LogP contribution in [-0.4, -0.2) is 50.0 Å². The Balaban J connectivity index is 2.39. The number of nitrogens with zero attached hydrogens (tertiary/aromatic N) is 2. The summed E-state index contributed by atoms with van der Waals surface area (Å²) in [5.41, 5.74) is 2.26. The zero-order valence-electron chi connectivity index (χ0n) is 20.1. The van der Waals surface area contributed by atoms with Crippen LogP contribution in [0.4, 0.5) is 5.69 Å². The average Bonchev–Trinajstić information content (AvgIpc) is 2.77. The molecule has 7 nitrogen and oxygen atoms in total. The molecule has 180 valence electrons. The minimum absolute atomic E-state index is 0.0275. The van der Waals surface area contributed by atoms with E-state index in [0.29, 0.717) is 12.1 Å². The largest absolute Gasteiger partial charge is 0.352 e. The van der Waals surface area contributed by atoms with Crippen molar-refractivity contribution in [1.29, 1.82) is 0 Å². The van der Waals surface area contributed by atoms with Gasteiger partial charge in [-0.15, -0.1) is 0 Å². The van der Waals surface area contributed by atoms with Gasteiger partial charge in [0, 0.05) is 12.6 Å². The van der Waals surface area contributed by atoms with Crippen molar-refractivity contribution >= 4 is 27.5 Å². The zero-order valence-corrected chi connectivity index (χ0v) is 20.9. The van der Waals surface area contributed by atoms with Crippen molar-refractivity contribution in [3.05, 3.63) is 65.7 Å². The first-order chi connectivity index (χ1) is 15.6. The number of nitrogens with one attached hydrogen (secondary N) is 1. The number of hydrogen-bond acceptors (Lipinski definition) is 4. The molecule has 0 aliphatic heterocycles. The monoisotopic (exact) mass is 473 g/mol. The molecule has 2 amide bonds. The molecule has 33 heavy (non-hydrogen) atoms. The highest BCUT2D eigenvalue weighted by molar-refractivity contribution is 7.92. The predicted molar refractivity (Wildman–Crippen MR) is 132 cm³/mol. The molecule has 0 bridgehead atoms. The Labute approximate surface area is 197 Å². The molecular formula is C25H35N3O4S. The van der Waals surface area contributed by atoms with Crippen molar-refractivity contribution < 1.29 is 18.0 Å². The van der Waals surface area contributed by atoms with E-state index >= 15 is 0 Å². The molecule has 0 saturated heterocycles. The number of aryl methyl sites for hydroxylation is 1. The van der Waals surface area contributed by atoms with Crippen LogP contribution in [0.5, 0.6) is 0 Å². The lowest BCUT2D eigenvalue weighted by Crippen LogP contribution is -2.53. The van der Waals surface area contributed by atoms with E-state index in [1.807, 2.05) is 58.0 Å². The molecule has 2 rings (SSSR count). The molecule has 1 N–H and O–H groups in total. The van der Waals surface area contributed by atoms with Crippen molar-refractivity contribution in [1.82, 2.24) is 10.2 Å². The van der Waals surface area contributed by atoms with Crippen LogP contribution in [0.3, 0.4) is 0 Å². The maximum Gasteiger partial charge on any atom is 0.244 e. The van der Waals surface area contributed by atoms with Gasteiger partial charge in [0.25, 0.3) is 0 Å². The highest BCUT2D eigenvalue weighted by Gasteiger charge is 2.32. The van der Waals surface area contributed by atoms with Crippen LogP contribution in [0, 0.1) is 6.92 Å². The highest BCUT2D eigenvalue weighted by Crippen LogP contribution is 2.20. The van der Waals surface area contributed by atoms with E-state index < -0.39 is 22.0 Å². The Morgan fingerprint density at radius 1 is 0.970 bits per heavy atom. The third-order valence-corrected chi connectivity index (χ3v) is 6.72. The molecule has 8 heteroatoms. The molecule has 0 unspecified atom stereocenters. The Morgan fingerprint density at radius 2 is 1.58 bits per heavy atom. The van der Waals surface area contributed by atoms with Gasteiger partial charge in [-0.3, -0.25) is 13.9 Å². The fourth-order valence-electron chi connectivity index (χ4n) is 3.47. The lowest BCUT2D eigenvalue weighted by molar-refractivity contribution is -0.140. The smallest absolute Gasteiger partial charge is 0.244 e. The minimum Gasteiger partial charge on any atom is -0.352 e. The summed E-state index contributed by atoms with van der Waals surface area (Å²) in [5.74, 6) is -0.673. The maximum atomic E-state index is 13.5. The third-order valence-electron chi connectivity index (χ3n) is 5.58. The first-order valence-electron chi connectivity index (χ1n) is 11.2. The van der Waals surface area contributed by atoms with Crippen molar-refractivity contribution in [2.45, 2.75) is 59.2 Å². The molecule has 0 aliphatic rings. The molecule has 0 radical (unpaired) electrons. The van der Waals surface area contributed by atoms with Crippen molar-refractivity contribution in [3.8, 4) is 0 Å². The zero-order chi connectivity index (χ0) is 24.6. The number of benzene rings is 2. The van der Waals surface area contributed by atoms with E-state index in [2.05, 4.69) is 5.32 Å². The Bertz CT molecular complexity index is 1020. The van der Waals surface area contributed by atoms with Crippen LogP contribution >= 0.6 is 0 Å². The van der Waals surface area contributed by atoms with E-state index in [1.54, 1.807) is 24.3 Å². The molecule has 0 spiro atoms. The maximum absolute atomic E-state index is 13.5. The molecule has 0 fully saturated rings. The van der Waals surface area contributed by atoms with Crippen molar-refractivity contribution in [2.24, 2.45) is 0 Å². The van der Waals surface area contributed by atoms with Crippen LogP contribution in [0.1, 0.15) is 44.7 Å². The summed E-state index contributed by atoms with van der Waals surface area (Å²) in [6.45, 7) is 7.46. The van der Waals surface area contributed by atoms with E-state index in [9.17, 15) is 18.0 Å². The molecule has 2 aromatic rings. The molecule has 2 atom stereocenters. The topological polar surface area (TPSA) is 86.8 Å². The summed E-state index contributed by atoms with van der Waals surface area (Å²) in [4.78, 5) is 28.1. The van der Waals surface area contributed by atoms with Crippen molar-refractivity contribution in [3.63, 3.8) is 0 Å². The van der Waals surface area contributed by atoms with Gasteiger partial charge in [-0.25, -0.2) is 8.42 Å². The van der Waals surface area contributed by atoms with Gasteiger partial charge in [0.2, 0.25) is 21.8 Å². The molecule has 0 heterocycles. The summed E-state index contributed by atoms with van der Waals surface area (Å²) >= 11 is 0. The number of rotatable bonds is 11. The average molecular weight is 474 g/mol. The van der Waals surface area contributed by atoms with Gasteiger partial charge in [-0.2, -0.15) is 0 Å². The summed E-state index contributed by atoms with van der Waals surface area (Å²) in [5, 5.41) is 2.96. The van der Waals surface area contributed by atoms with Gasteiger partial charge in [-0.05, 0) is 44.4 Å². The fourth-order valence-corrected chi connectivity index (χ4v) is 4.32. The van der Waals surface area contributed by atoms with Crippen LogP contribution in [0.2, 0.25) is 0 Å². The predicted octanol–water partition coefficient (Wildman–Crippen LogP) is 3.48. The standard InChI is InChI=1S/C25H35N3O4S/c1-6-20(4)26-25(30)23(7-2)27(17-21-11-9-8-10-12-21)24(29)18-28(33(5,31)32)22-15-13-19(3)14-16-22/h8-16,20,23H,6-7,17-18H2,1-5H3,(H,26,30)/t20-,23+/m1/s1. The van der Waals surface area contributed by atoms with E-state index in [4.69, 9.17) is 0 Å². The lowest BCUT2D eigenvalue weighted by atomic mass is 10.1. The second-order valence-corrected chi connectivity index (χ2v) is 10.3. The van der Waals surface area contributed by atoms with Crippen LogP contribution in [0.25, 0.3) is 0 Å². The van der Waals surface area contributed by atoms with Crippen LogP contribution < -0.4 is 9.62 Å². The van der Waals surface area contributed by atoms with E-state index in [1.165, 1.54) is 4.90 Å². The molecular weight excluding hydrogens is 438 g/mol. The fraction of sp³-hybridized carbons (Fsp3) is 0.440. The van der Waals surface area contributed by atoms with Gasteiger partial charge in [0.1, 0.15) is 12.6 Å². The summed E-state index contributed by atoms with van der Waals surface area (Å²) < 4.78 is 26.2. The number of carbonyl (C=O) groups excluding carboxylic acids is 2. The number of anilines is 1. The number of amides is 2.